The summed E-state index contributed by atoms with van der Waals surface area (Å²) in [5.74, 6) is -0.992. The summed E-state index contributed by atoms with van der Waals surface area (Å²) in [6.07, 6.45) is -3.33. The summed E-state index contributed by atoms with van der Waals surface area (Å²) in [5, 5.41) is 13.4. The predicted molar refractivity (Wildman–Crippen MR) is 132 cm³/mol. The van der Waals surface area contributed by atoms with Crippen molar-refractivity contribution in [1.29, 1.82) is 0 Å². The number of carboxylic acid groups (broad SMARTS) is 1. The van der Waals surface area contributed by atoms with Gasteiger partial charge in [0.1, 0.15) is 0 Å². The number of carbonyl (C=O) groups is 1. The van der Waals surface area contributed by atoms with E-state index in [2.05, 4.69) is 10.1 Å². The van der Waals surface area contributed by atoms with Gasteiger partial charge in [0.25, 0.3) is 5.56 Å². The van der Waals surface area contributed by atoms with Gasteiger partial charge in [0.15, 0.2) is 23.9 Å². The fourth-order valence-electron chi connectivity index (χ4n) is 3.63. The van der Waals surface area contributed by atoms with Gasteiger partial charge in [0, 0.05) is 11.1 Å². The molecular weight excluding hydrogens is 507 g/mol. The number of benzene rings is 3. The van der Waals surface area contributed by atoms with Gasteiger partial charge >= 0.3 is 12.1 Å². The van der Waals surface area contributed by atoms with Crippen LogP contribution in [0.1, 0.15) is 11.1 Å². The van der Waals surface area contributed by atoms with E-state index in [0.717, 1.165) is 16.8 Å². The van der Waals surface area contributed by atoms with Crippen LogP contribution in [-0.2, 0) is 11.0 Å². The lowest BCUT2D eigenvalue weighted by Crippen LogP contribution is -2.20. The molecule has 4 aromatic rings. The third kappa shape index (κ3) is 5.43. The SMILES string of the molecule is COc1cc(C=Nn2c(-c3cccc(C(F)(F)F)c3)nc3ccccc3c2=O)cc(OC)c1OCC(=O)O. The molecule has 0 saturated heterocycles. The summed E-state index contributed by atoms with van der Waals surface area (Å²) in [4.78, 5) is 28.7. The zero-order valence-corrected chi connectivity index (χ0v) is 20.0. The van der Waals surface area contributed by atoms with Crippen LogP contribution in [0, 0.1) is 0 Å². The number of carboxylic acids is 1. The van der Waals surface area contributed by atoms with Crippen LogP contribution in [0.3, 0.4) is 0 Å². The number of nitrogens with zero attached hydrogens (tertiary/aromatic N) is 3. The van der Waals surface area contributed by atoms with Crippen molar-refractivity contribution >= 4 is 23.1 Å². The molecule has 0 atom stereocenters. The minimum atomic E-state index is -4.60. The Balaban J connectivity index is 1.87. The minimum absolute atomic E-state index is 0.0346. The van der Waals surface area contributed by atoms with E-state index in [9.17, 15) is 22.8 Å². The fraction of sp³-hybridized carbons (Fsp3) is 0.154. The molecule has 1 aromatic heterocycles. The number of halogens is 3. The second kappa shape index (κ2) is 10.6. The Morgan fingerprint density at radius 1 is 1.05 bits per heavy atom. The second-order valence-electron chi connectivity index (χ2n) is 7.83. The normalized spacial score (nSPS) is 11.6. The van der Waals surface area contributed by atoms with Crippen LogP contribution >= 0.6 is 0 Å². The number of aliphatic carboxylic acids is 1. The average Bonchev–Trinajstić information content (AvgIpc) is 2.90. The molecule has 38 heavy (non-hydrogen) atoms. The number of hydrogen-bond donors (Lipinski definition) is 1. The Morgan fingerprint density at radius 3 is 2.37 bits per heavy atom. The Kier molecular flexibility index (Phi) is 7.33. The fourth-order valence-corrected chi connectivity index (χ4v) is 3.63. The van der Waals surface area contributed by atoms with E-state index >= 15 is 0 Å². The molecule has 196 valence electrons. The molecule has 0 radical (unpaired) electrons. The lowest BCUT2D eigenvalue weighted by molar-refractivity contribution is -0.139. The molecule has 0 unspecified atom stereocenters. The van der Waals surface area contributed by atoms with Crippen molar-refractivity contribution in [2.45, 2.75) is 6.18 Å². The number of rotatable bonds is 8. The van der Waals surface area contributed by atoms with Gasteiger partial charge in [-0.3, -0.25) is 4.79 Å². The monoisotopic (exact) mass is 527 g/mol. The van der Waals surface area contributed by atoms with Crippen molar-refractivity contribution < 1.29 is 37.3 Å². The maximum absolute atomic E-state index is 13.4. The second-order valence-corrected chi connectivity index (χ2v) is 7.83. The number of alkyl halides is 3. The van der Waals surface area contributed by atoms with Crippen LogP contribution in [0.5, 0.6) is 17.2 Å². The molecule has 0 fully saturated rings. The van der Waals surface area contributed by atoms with Gasteiger partial charge in [-0.05, 0) is 36.4 Å². The Hall–Kier alpha value is -4.87. The van der Waals surface area contributed by atoms with Crippen molar-refractivity contribution in [1.82, 2.24) is 9.66 Å². The molecule has 0 saturated carbocycles. The highest BCUT2D eigenvalue weighted by Gasteiger charge is 2.31. The molecule has 0 aliphatic heterocycles. The highest BCUT2D eigenvalue weighted by Crippen LogP contribution is 2.38. The largest absolute Gasteiger partial charge is 0.493 e. The van der Waals surface area contributed by atoms with Gasteiger partial charge in [-0.1, -0.05) is 24.3 Å². The molecule has 0 aliphatic rings. The summed E-state index contributed by atoms with van der Waals surface area (Å²) < 4.78 is 56.9. The Labute approximate surface area is 213 Å². The lowest BCUT2D eigenvalue weighted by atomic mass is 10.1. The molecule has 0 aliphatic carbocycles. The zero-order valence-electron chi connectivity index (χ0n) is 20.0. The van der Waals surface area contributed by atoms with E-state index in [0.29, 0.717) is 11.1 Å². The van der Waals surface area contributed by atoms with E-state index in [1.165, 1.54) is 50.8 Å². The van der Waals surface area contributed by atoms with Crippen molar-refractivity contribution in [3.8, 4) is 28.6 Å². The predicted octanol–water partition coefficient (Wildman–Crippen LogP) is 4.45. The van der Waals surface area contributed by atoms with Gasteiger partial charge in [0.2, 0.25) is 5.75 Å². The van der Waals surface area contributed by atoms with Crippen LogP contribution in [0.25, 0.3) is 22.3 Å². The van der Waals surface area contributed by atoms with Gasteiger partial charge < -0.3 is 19.3 Å². The first-order chi connectivity index (χ1) is 18.1. The minimum Gasteiger partial charge on any atom is -0.493 e. The van der Waals surface area contributed by atoms with Crippen LogP contribution in [0.2, 0.25) is 0 Å². The van der Waals surface area contributed by atoms with Crippen LogP contribution in [0.15, 0.2) is 70.6 Å². The highest BCUT2D eigenvalue weighted by molar-refractivity contribution is 5.84. The van der Waals surface area contributed by atoms with Crippen LogP contribution in [-0.4, -0.2) is 47.8 Å². The van der Waals surface area contributed by atoms with E-state index in [4.69, 9.17) is 19.3 Å². The summed E-state index contributed by atoms with van der Waals surface area (Å²) in [7, 11) is 2.68. The lowest BCUT2D eigenvalue weighted by Gasteiger charge is -2.14. The molecule has 0 spiro atoms. The molecule has 1 heterocycles. The smallest absolute Gasteiger partial charge is 0.416 e. The molecule has 1 N–H and O–H groups in total. The topological polar surface area (TPSA) is 112 Å². The van der Waals surface area contributed by atoms with Gasteiger partial charge in [-0.15, -0.1) is 0 Å². The van der Waals surface area contributed by atoms with E-state index in [1.54, 1.807) is 18.2 Å². The molecular formula is C26H20F3N3O6. The van der Waals surface area contributed by atoms with Crippen molar-refractivity contribution in [2.75, 3.05) is 20.8 Å². The first-order valence-corrected chi connectivity index (χ1v) is 11.0. The maximum Gasteiger partial charge on any atom is 0.416 e. The number of hydrogen-bond acceptors (Lipinski definition) is 7. The average molecular weight is 527 g/mol. The first kappa shape index (κ1) is 26.2. The summed E-state index contributed by atoms with van der Waals surface area (Å²) in [5.41, 5.74) is -0.817. The van der Waals surface area contributed by atoms with Gasteiger partial charge in [0.05, 0.1) is 36.9 Å². The summed E-state index contributed by atoms with van der Waals surface area (Å²) >= 11 is 0. The third-order valence-corrected chi connectivity index (χ3v) is 5.35. The summed E-state index contributed by atoms with van der Waals surface area (Å²) in [6, 6.07) is 13.8. The molecule has 12 heteroatoms. The molecule has 0 amide bonds. The van der Waals surface area contributed by atoms with Crippen molar-refractivity contribution in [2.24, 2.45) is 5.10 Å². The summed E-state index contributed by atoms with van der Waals surface area (Å²) in [6.45, 7) is -0.640. The van der Waals surface area contributed by atoms with E-state index < -0.39 is 29.9 Å². The number of methoxy groups -OCH3 is 2. The molecule has 0 bridgehead atoms. The maximum atomic E-state index is 13.4. The van der Waals surface area contributed by atoms with E-state index in [1.807, 2.05) is 0 Å². The third-order valence-electron chi connectivity index (χ3n) is 5.35. The van der Waals surface area contributed by atoms with Crippen LogP contribution < -0.4 is 19.8 Å². The Morgan fingerprint density at radius 2 is 1.74 bits per heavy atom. The zero-order chi connectivity index (χ0) is 27.4. The molecule has 3 aromatic carbocycles. The standard InChI is InChI=1S/C26H20F3N3O6/c1-36-20-10-15(11-21(37-2)23(20)38-14-22(33)34)13-30-32-24(16-6-5-7-17(12-16)26(27,28)29)31-19-9-4-3-8-18(19)25(32)35/h3-13H,14H2,1-2H3,(H,33,34). The van der Waals surface area contributed by atoms with Gasteiger partial charge in [-0.25, -0.2) is 9.78 Å². The quantitative estimate of drug-likeness (QED) is 0.337. The van der Waals surface area contributed by atoms with Gasteiger partial charge in [-0.2, -0.15) is 22.9 Å². The number of aromatic nitrogens is 2. The van der Waals surface area contributed by atoms with Crippen LogP contribution in [0.4, 0.5) is 13.2 Å². The van der Waals surface area contributed by atoms with E-state index in [-0.39, 0.29) is 34.0 Å². The highest BCUT2D eigenvalue weighted by atomic mass is 19.4. The first-order valence-electron chi connectivity index (χ1n) is 11.0. The Bertz CT molecular complexity index is 1570. The number of ether oxygens (including phenoxy) is 3. The number of para-hydroxylation sites is 1. The van der Waals surface area contributed by atoms with Crippen molar-refractivity contribution in [3.05, 3.63) is 82.1 Å². The number of fused-ring (bicyclic) bond motifs is 1. The van der Waals surface area contributed by atoms with Crippen molar-refractivity contribution in [3.63, 3.8) is 0 Å². The molecule has 4 rings (SSSR count). The molecule has 9 nitrogen and oxygen atoms in total.